The Balaban J connectivity index is 1.92. The van der Waals surface area contributed by atoms with Crippen LogP contribution in [0.25, 0.3) is 0 Å². The van der Waals surface area contributed by atoms with Crippen molar-refractivity contribution in [1.29, 1.82) is 0 Å². The van der Waals surface area contributed by atoms with Gasteiger partial charge in [-0.25, -0.2) is 0 Å². The Morgan fingerprint density at radius 1 is 1.31 bits per heavy atom. The highest BCUT2D eigenvalue weighted by molar-refractivity contribution is 4.88. The predicted octanol–water partition coefficient (Wildman–Crippen LogP) is 1.48. The second kappa shape index (κ2) is 5.86. The number of rotatable bonds is 6. The third-order valence-electron chi connectivity index (χ3n) is 2.12. The average molecular weight is 184 g/mol. The first-order chi connectivity index (χ1) is 6.33. The van der Waals surface area contributed by atoms with Crippen LogP contribution in [0, 0.1) is 0 Å². The highest BCUT2D eigenvalue weighted by Gasteiger charge is 2.06. The van der Waals surface area contributed by atoms with Gasteiger partial charge in [-0.1, -0.05) is 0 Å². The SMILES string of the molecule is CCOCCCCN1C=CN(C)C1. The molecular weight excluding hydrogens is 164 g/mol. The van der Waals surface area contributed by atoms with Crippen LogP contribution in [-0.2, 0) is 4.74 Å². The molecule has 76 valence electrons. The predicted molar refractivity (Wildman–Crippen MR) is 54.2 cm³/mol. The lowest BCUT2D eigenvalue weighted by molar-refractivity contribution is 0.140. The van der Waals surface area contributed by atoms with Gasteiger partial charge in [0.2, 0.25) is 0 Å². The smallest absolute Gasteiger partial charge is 0.0890 e. The normalized spacial score (nSPS) is 15.8. The minimum atomic E-state index is 0.840. The lowest BCUT2D eigenvalue weighted by Crippen LogP contribution is -2.23. The second-order valence-electron chi connectivity index (χ2n) is 3.41. The zero-order chi connectivity index (χ0) is 9.52. The lowest BCUT2D eigenvalue weighted by atomic mass is 10.3. The van der Waals surface area contributed by atoms with E-state index in [0.717, 1.165) is 26.4 Å². The summed E-state index contributed by atoms with van der Waals surface area (Å²) in [5.41, 5.74) is 0. The van der Waals surface area contributed by atoms with E-state index in [1.807, 2.05) is 6.92 Å². The minimum Gasteiger partial charge on any atom is -0.382 e. The van der Waals surface area contributed by atoms with Crippen molar-refractivity contribution < 1.29 is 4.74 Å². The van der Waals surface area contributed by atoms with Crippen LogP contribution in [0.4, 0.5) is 0 Å². The summed E-state index contributed by atoms with van der Waals surface area (Å²) in [4.78, 5) is 4.51. The molecule has 1 aliphatic heterocycles. The van der Waals surface area contributed by atoms with Crippen LogP contribution in [0.5, 0.6) is 0 Å². The topological polar surface area (TPSA) is 15.7 Å². The van der Waals surface area contributed by atoms with Crippen molar-refractivity contribution in [1.82, 2.24) is 9.80 Å². The van der Waals surface area contributed by atoms with E-state index in [0.29, 0.717) is 0 Å². The van der Waals surface area contributed by atoms with Crippen LogP contribution in [0.3, 0.4) is 0 Å². The van der Waals surface area contributed by atoms with E-state index in [4.69, 9.17) is 4.74 Å². The van der Waals surface area contributed by atoms with Crippen molar-refractivity contribution in [2.45, 2.75) is 19.8 Å². The fourth-order valence-electron chi connectivity index (χ4n) is 1.40. The average Bonchev–Trinajstić information content (AvgIpc) is 2.51. The Hall–Kier alpha value is -0.700. The molecule has 3 heteroatoms. The Bertz CT molecular complexity index is 159. The molecule has 0 aromatic heterocycles. The fraction of sp³-hybridized carbons (Fsp3) is 0.800. The first kappa shape index (κ1) is 10.4. The lowest BCUT2D eigenvalue weighted by Gasteiger charge is -2.17. The van der Waals surface area contributed by atoms with Crippen molar-refractivity contribution in [3.63, 3.8) is 0 Å². The van der Waals surface area contributed by atoms with E-state index in [9.17, 15) is 0 Å². The van der Waals surface area contributed by atoms with Crippen molar-refractivity contribution in [3.8, 4) is 0 Å². The van der Waals surface area contributed by atoms with Crippen molar-refractivity contribution in [2.24, 2.45) is 0 Å². The number of ether oxygens (including phenoxy) is 1. The maximum Gasteiger partial charge on any atom is 0.0890 e. The summed E-state index contributed by atoms with van der Waals surface area (Å²) in [6.07, 6.45) is 6.66. The summed E-state index contributed by atoms with van der Waals surface area (Å²) >= 11 is 0. The highest BCUT2D eigenvalue weighted by Crippen LogP contribution is 2.05. The monoisotopic (exact) mass is 184 g/mol. The third kappa shape index (κ3) is 4.18. The summed E-state index contributed by atoms with van der Waals surface area (Å²) in [6.45, 7) is 5.97. The van der Waals surface area contributed by atoms with Gasteiger partial charge >= 0.3 is 0 Å². The van der Waals surface area contributed by atoms with Gasteiger partial charge in [0, 0.05) is 39.2 Å². The molecule has 0 bridgehead atoms. The Morgan fingerprint density at radius 2 is 2.15 bits per heavy atom. The molecule has 3 nitrogen and oxygen atoms in total. The van der Waals surface area contributed by atoms with Gasteiger partial charge in [-0.05, 0) is 19.8 Å². The standard InChI is InChI=1S/C10H20N2O/c1-3-13-9-5-4-6-12-8-7-11(2)10-12/h7-8H,3-6,9-10H2,1-2H3. The second-order valence-corrected chi connectivity index (χ2v) is 3.41. The molecule has 13 heavy (non-hydrogen) atoms. The molecule has 0 amide bonds. The maximum absolute atomic E-state index is 5.27. The molecule has 1 aliphatic rings. The van der Waals surface area contributed by atoms with Gasteiger partial charge in [0.15, 0.2) is 0 Å². The number of unbranched alkanes of at least 4 members (excludes halogenated alkanes) is 1. The quantitative estimate of drug-likeness (QED) is 0.581. The van der Waals surface area contributed by atoms with Crippen LogP contribution in [0.1, 0.15) is 19.8 Å². The molecule has 0 aromatic carbocycles. The van der Waals surface area contributed by atoms with E-state index in [2.05, 4.69) is 29.2 Å². The van der Waals surface area contributed by atoms with Gasteiger partial charge < -0.3 is 14.5 Å². The molecule has 1 rings (SSSR count). The zero-order valence-electron chi connectivity index (χ0n) is 8.70. The van der Waals surface area contributed by atoms with Crippen LogP contribution >= 0.6 is 0 Å². The van der Waals surface area contributed by atoms with Crippen molar-refractivity contribution >= 4 is 0 Å². The zero-order valence-corrected chi connectivity index (χ0v) is 8.70. The molecule has 0 aromatic rings. The van der Waals surface area contributed by atoms with Gasteiger partial charge in [-0.2, -0.15) is 0 Å². The molecule has 0 radical (unpaired) electrons. The molecule has 0 saturated heterocycles. The van der Waals surface area contributed by atoms with E-state index >= 15 is 0 Å². The van der Waals surface area contributed by atoms with Gasteiger partial charge in [0.05, 0.1) is 6.67 Å². The summed E-state index contributed by atoms with van der Waals surface area (Å²) in [5, 5.41) is 0. The molecule has 0 saturated carbocycles. The Labute approximate surface area is 81.0 Å². The molecule has 0 atom stereocenters. The fourth-order valence-corrected chi connectivity index (χ4v) is 1.40. The van der Waals surface area contributed by atoms with Gasteiger partial charge in [-0.3, -0.25) is 0 Å². The molecule has 0 N–H and O–H groups in total. The molecule has 1 heterocycles. The molecule has 0 fully saturated rings. The van der Waals surface area contributed by atoms with E-state index in [-0.39, 0.29) is 0 Å². The van der Waals surface area contributed by atoms with Gasteiger partial charge in [0.1, 0.15) is 0 Å². The number of hydrogen-bond donors (Lipinski definition) is 0. The number of hydrogen-bond acceptors (Lipinski definition) is 3. The van der Waals surface area contributed by atoms with Crippen LogP contribution in [0.2, 0.25) is 0 Å². The first-order valence-corrected chi connectivity index (χ1v) is 5.03. The van der Waals surface area contributed by atoms with Crippen molar-refractivity contribution in [3.05, 3.63) is 12.4 Å². The van der Waals surface area contributed by atoms with E-state index in [1.54, 1.807) is 0 Å². The van der Waals surface area contributed by atoms with E-state index in [1.165, 1.54) is 12.8 Å². The summed E-state index contributed by atoms with van der Waals surface area (Å²) < 4.78 is 5.27. The Morgan fingerprint density at radius 3 is 2.77 bits per heavy atom. The molecule has 0 unspecified atom stereocenters. The minimum absolute atomic E-state index is 0.840. The number of nitrogens with zero attached hydrogens (tertiary/aromatic N) is 2. The third-order valence-corrected chi connectivity index (χ3v) is 2.12. The molecule has 0 spiro atoms. The summed E-state index contributed by atoms with van der Waals surface area (Å²) in [7, 11) is 2.09. The highest BCUT2D eigenvalue weighted by atomic mass is 16.5. The maximum atomic E-state index is 5.27. The summed E-state index contributed by atoms with van der Waals surface area (Å²) in [6, 6.07) is 0. The van der Waals surface area contributed by atoms with Crippen molar-refractivity contribution in [2.75, 3.05) is 33.5 Å². The molecule has 0 aliphatic carbocycles. The largest absolute Gasteiger partial charge is 0.382 e. The van der Waals surface area contributed by atoms with Crippen LogP contribution in [-0.4, -0.2) is 43.3 Å². The summed E-state index contributed by atoms with van der Waals surface area (Å²) in [5.74, 6) is 0. The molecular formula is C10H20N2O. The Kier molecular flexibility index (Phi) is 4.68. The van der Waals surface area contributed by atoms with Crippen LogP contribution < -0.4 is 0 Å². The van der Waals surface area contributed by atoms with Gasteiger partial charge in [-0.15, -0.1) is 0 Å². The van der Waals surface area contributed by atoms with Crippen LogP contribution in [0.15, 0.2) is 12.4 Å². The van der Waals surface area contributed by atoms with Gasteiger partial charge in [0.25, 0.3) is 0 Å². The first-order valence-electron chi connectivity index (χ1n) is 5.03. The van der Waals surface area contributed by atoms with E-state index < -0.39 is 0 Å².